The predicted molar refractivity (Wildman–Crippen MR) is 81.4 cm³/mol. The largest absolute Gasteiger partial charge is 0.480 e. The highest BCUT2D eigenvalue weighted by atomic mass is 32.2. The van der Waals surface area contributed by atoms with E-state index in [1.807, 2.05) is 6.92 Å². The predicted octanol–water partition coefficient (Wildman–Crippen LogP) is 5.11. The summed E-state index contributed by atoms with van der Waals surface area (Å²) >= 11 is 1.56. The van der Waals surface area contributed by atoms with Crippen LogP contribution in [0.5, 0.6) is 0 Å². The Labute approximate surface area is 117 Å². The van der Waals surface area contributed by atoms with E-state index < -0.39 is 5.97 Å². The Morgan fingerprint density at radius 1 is 0.944 bits per heavy atom. The molecule has 0 aromatic rings. The summed E-state index contributed by atoms with van der Waals surface area (Å²) in [5.74, 6) is 0.260. The van der Waals surface area contributed by atoms with E-state index in [1.54, 1.807) is 11.8 Å². The molecule has 0 rings (SSSR count). The molecule has 0 aromatic carbocycles. The van der Waals surface area contributed by atoms with Crippen LogP contribution in [-0.4, -0.2) is 22.1 Å². The molecule has 1 unspecified atom stereocenters. The van der Waals surface area contributed by atoms with Crippen LogP contribution in [0.3, 0.4) is 0 Å². The van der Waals surface area contributed by atoms with E-state index in [4.69, 9.17) is 5.11 Å². The number of aliphatic carboxylic acids is 1. The van der Waals surface area contributed by atoms with Gasteiger partial charge >= 0.3 is 5.97 Å². The van der Waals surface area contributed by atoms with Crippen LogP contribution in [-0.2, 0) is 4.79 Å². The minimum absolute atomic E-state index is 0.181. The van der Waals surface area contributed by atoms with Gasteiger partial charge < -0.3 is 5.11 Å². The number of hydrogen-bond acceptors (Lipinski definition) is 2. The van der Waals surface area contributed by atoms with E-state index in [9.17, 15) is 4.79 Å². The van der Waals surface area contributed by atoms with Gasteiger partial charge in [-0.3, -0.25) is 4.79 Å². The molecule has 0 amide bonds. The summed E-state index contributed by atoms with van der Waals surface area (Å²) in [6.07, 6.45) is 12.5. The summed E-state index contributed by atoms with van der Waals surface area (Å²) < 4.78 is 0. The monoisotopic (exact) mass is 274 g/mol. The Bertz CT molecular complexity index is 195. The smallest absolute Gasteiger partial charge is 0.316 e. The SMILES string of the molecule is CCCCCCCCCCCC(SCC)C(=O)O. The van der Waals surface area contributed by atoms with Crippen LogP contribution in [0, 0.1) is 0 Å². The number of carboxylic acids is 1. The first-order valence-corrected chi connectivity index (χ1v) is 8.61. The molecule has 0 aliphatic heterocycles. The van der Waals surface area contributed by atoms with Gasteiger partial charge in [-0.05, 0) is 12.2 Å². The maximum atomic E-state index is 10.9. The van der Waals surface area contributed by atoms with Crippen LogP contribution < -0.4 is 0 Å². The molecule has 0 aromatic heterocycles. The van der Waals surface area contributed by atoms with Crippen molar-refractivity contribution in [3.05, 3.63) is 0 Å². The van der Waals surface area contributed by atoms with Crippen molar-refractivity contribution < 1.29 is 9.90 Å². The summed E-state index contributed by atoms with van der Waals surface area (Å²) in [6.45, 7) is 4.27. The summed E-state index contributed by atoms with van der Waals surface area (Å²) in [5.41, 5.74) is 0. The maximum absolute atomic E-state index is 10.9. The lowest BCUT2D eigenvalue weighted by Crippen LogP contribution is -2.16. The zero-order valence-corrected chi connectivity index (χ0v) is 12.9. The average molecular weight is 274 g/mol. The van der Waals surface area contributed by atoms with Crippen molar-refractivity contribution in [2.45, 2.75) is 83.3 Å². The van der Waals surface area contributed by atoms with Crippen molar-refractivity contribution in [1.82, 2.24) is 0 Å². The van der Waals surface area contributed by atoms with Gasteiger partial charge in [0.15, 0.2) is 0 Å². The first-order valence-electron chi connectivity index (χ1n) is 7.56. The Balaban J connectivity index is 3.30. The quantitative estimate of drug-likeness (QED) is 0.474. The van der Waals surface area contributed by atoms with Crippen molar-refractivity contribution in [1.29, 1.82) is 0 Å². The fourth-order valence-electron chi connectivity index (χ4n) is 2.12. The molecular formula is C15H30O2S. The molecule has 108 valence electrons. The molecule has 0 spiro atoms. The molecule has 18 heavy (non-hydrogen) atoms. The lowest BCUT2D eigenvalue weighted by atomic mass is 10.1. The standard InChI is InChI=1S/C15H30O2S/c1-3-5-6-7-8-9-10-11-12-13-14(15(16)17)18-4-2/h14H,3-13H2,1-2H3,(H,16,17). The van der Waals surface area contributed by atoms with Gasteiger partial charge in [-0.2, -0.15) is 0 Å². The number of hydrogen-bond donors (Lipinski definition) is 1. The van der Waals surface area contributed by atoms with Crippen LogP contribution in [0.1, 0.15) is 78.1 Å². The van der Waals surface area contributed by atoms with Gasteiger partial charge in [0.2, 0.25) is 0 Å². The fraction of sp³-hybridized carbons (Fsp3) is 0.933. The lowest BCUT2D eigenvalue weighted by Gasteiger charge is -2.10. The van der Waals surface area contributed by atoms with Crippen molar-refractivity contribution in [2.75, 3.05) is 5.75 Å². The van der Waals surface area contributed by atoms with Crippen LogP contribution in [0.2, 0.25) is 0 Å². The van der Waals surface area contributed by atoms with Crippen LogP contribution in [0.4, 0.5) is 0 Å². The first kappa shape index (κ1) is 17.8. The molecule has 0 aliphatic carbocycles. The zero-order valence-electron chi connectivity index (χ0n) is 12.1. The normalized spacial score (nSPS) is 12.6. The molecular weight excluding hydrogens is 244 g/mol. The summed E-state index contributed by atoms with van der Waals surface area (Å²) in [4.78, 5) is 10.9. The second kappa shape index (κ2) is 13.3. The second-order valence-corrected chi connectivity index (χ2v) is 6.38. The minimum Gasteiger partial charge on any atom is -0.480 e. The third-order valence-electron chi connectivity index (χ3n) is 3.21. The highest BCUT2D eigenvalue weighted by Crippen LogP contribution is 2.19. The molecule has 1 N–H and O–H groups in total. The number of rotatable bonds is 13. The minimum atomic E-state index is -0.638. The van der Waals surface area contributed by atoms with Gasteiger partial charge in [0.25, 0.3) is 0 Å². The molecule has 0 heterocycles. The average Bonchev–Trinajstić information content (AvgIpc) is 2.35. The Morgan fingerprint density at radius 3 is 1.89 bits per heavy atom. The topological polar surface area (TPSA) is 37.3 Å². The van der Waals surface area contributed by atoms with Gasteiger partial charge in [-0.15, -0.1) is 11.8 Å². The van der Waals surface area contributed by atoms with Crippen molar-refractivity contribution in [3.63, 3.8) is 0 Å². The van der Waals surface area contributed by atoms with Gasteiger partial charge in [0.05, 0.1) is 0 Å². The first-order chi connectivity index (χ1) is 8.72. The lowest BCUT2D eigenvalue weighted by molar-refractivity contribution is -0.136. The second-order valence-electron chi connectivity index (χ2n) is 4.90. The Hall–Kier alpha value is -0.180. The third-order valence-corrected chi connectivity index (χ3v) is 4.39. The molecule has 0 aliphatic rings. The van der Waals surface area contributed by atoms with Gasteiger partial charge in [0.1, 0.15) is 5.25 Å². The van der Waals surface area contributed by atoms with Gasteiger partial charge in [-0.25, -0.2) is 0 Å². The number of carboxylic acid groups (broad SMARTS) is 1. The molecule has 0 radical (unpaired) electrons. The summed E-state index contributed by atoms with van der Waals surface area (Å²) in [5, 5.41) is 8.83. The molecule has 2 nitrogen and oxygen atoms in total. The van der Waals surface area contributed by atoms with Gasteiger partial charge in [-0.1, -0.05) is 71.6 Å². The number of unbranched alkanes of at least 4 members (excludes halogenated alkanes) is 8. The van der Waals surface area contributed by atoms with E-state index in [2.05, 4.69) is 6.92 Å². The fourth-order valence-corrected chi connectivity index (χ4v) is 3.00. The van der Waals surface area contributed by atoms with Crippen molar-refractivity contribution in [2.24, 2.45) is 0 Å². The molecule has 1 atom stereocenters. The third kappa shape index (κ3) is 10.9. The molecule has 3 heteroatoms. The van der Waals surface area contributed by atoms with E-state index in [0.29, 0.717) is 0 Å². The molecule has 0 bridgehead atoms. The van der Waals surface area contributed by atoms with Crippen molar-refractivity contribution >= 4 is 17.7 Å². The number of thioether (sulfide) groups is 1. The zero-order chi connectivity index (χ0) is 13.6. The van der Waals surface area contributed by atoms with E-state index in [0.717, 1.165) is 18.6 Å². The highest BCUT2D eigenvalue weighted by Gasteiger charge is 2.15. The van der Waals surface area contributed by atoms with Crippen LogP contribution >= 0.6 is 11.8 Å². The van der Waals surface area contributed by atoms with Crippen molar-refractivity contribution in [3.8, 4) is 0 Å². The van der Waals surface area contributed by atoms with E-state index in [1.165, 1.54) is 51.4 Å². The maximum Gasteiger partial charge on any atom is 0.316 e. The van der Waals surface area contributed by atoms with Crippen LogP contribution in [0.15, 0.2) is 0 Å². The van der Waals surface area contributed by atoms with E-state index in [-0.39, 0.29) is 5.25 Å². The summed E-state index contributed by atoms with van der Waals surface area (Å²) in [7, 11) is 0. The molecule has 0 saturated heterocycles. The molecule has 0 fully saturated rings. The Morgan fingerprint density at radius 2 is 1.44 bits per heavy atom. The highest BCUT2D eigenvalue weighted by molar-refractivity contribution is 8.00. The molecule has 0 saturated carbocycles. The summed E-state index contributed by atoms with van der Waals surface area (Å²) in [6, 6.07) is 0. The van der Waals surface area contributed by atoms with Crippen LogP contribution in [0.25, 0.3) is 0 Å². The number of carbonyl (C=O) groups is 1. The Kier molecular flexibility index (Phi) is 13.1. The van der Waals surface area contributed by atoms with Gasteiger partial charge in [0, 0.05) is 0 Å². The van der Waals surface area contributed by atoms with E-state index >= 15 is 0 Å².